The van der Waals surface area contributed by atoms with Crippen LogP contribution in [0, 0.1) is 6.92 Å². The van der Waals surface area contributed by atoms with E-state index in [1.54, 1.807) is 7.11 Å². The molecular formula is C22H30N2O3. The molecule has 146 valence electrons. The Balaban J connectivity index is 1.99. The molecule has 0 saturated carbocycles. The van der Waals surface area contributed by atoms with Crippen LogP contribution in [0.4, 0.5) is 0 Å². The van der Waals surface area contributed by atoms with Gasteiger partial charge in [0.2, 0.25) is 0 Å². The minimum atomic E-state index is -0.128. The second-order valence-corrected chi connectivity index (χ2v) is 6.42. The van der Waals surface area contributed by atoms with Crippen LogP contribution < -0.4 is 14.8 Å². The lowest BCUT2D eigenvalue weighted by molar-refractivity contribution is -0.123. The quantitative estimate of drug-likeness (QED) is 0.694. The number of carbonyl (C=O) groups excluding carboxylic acids is 1. The molecule has 27 heavy (non-hydrogen) atoms. The van der Waals surface area contributed by atoms with Crippen LogP contribution in [0.5, 0.6) is 11.5 Å². The third-order valence-electron chi connectivity index (χ3n) is 4.58. The van der Waals surface area contributed by atoms with E-state index in [1.807, 2.05) is 49.4 Å². The molecule has 0 aromatic heterocycles. The summed E-state index contributed by atoms with van der Waals surface area (Å²) in [7, 11) is 1.66. The van der Waals surface area contributed by atoms with Gasteiger partial charge < -0.3 is 14.8 Å². The zero-order chi connectivity index (χ0) is 19.6. The summed E-state index contributed by atoms with van der Waals surface area (Å²) in [6.07, 6.45) is 0. The molecule has 0 fully saturated rings. The van der Waals surface area contributed by atoms with Crippen LogP contribution in [0.1, 0.15) is 31.0 Å². The van der Waals surface area contributed by atoms with E-state index < -0.39 is 0 Å². The Morgan fingerprint density at radius 3 is 2.44 bits per heavy atom. The van der Waals surface area contributed by atoms with Crippen molar-refractivity contribution < 1.29 is 14.3 Å². The minimum absolute atomic E-state index is 0.00648. The zero-order valence-corrected chi connectivity index (χ0v) is 16.7. The first-order chi connectivity index (χ1) is 13.1. The van der Waals surface area contributed by atoms with Crippen LogP contribution in [0.25, 0.3) is 0 Å². The van der Waals surface area contributed by atoms with E-state index in [0.29, 0.717) is 12.3 Å². The summed E-state index contributed by atoms with van der Waals surface area (Å²) in [6.45, 7) is 8.56. The monoisotopic (exact) mass is 370 g/mol. The normalized spacial score (nSPS) is 11.9. The molecule has 0 heterocycles. The number of methoxy groups -OCH3 is 1. The summed E-state index contributed by atoms with van der Waals surface area (Å²) in [5, 5.41) is 3.01. The number of likely N-dealkylation sites (N-methyl/N-ethyl adjacent to an activating group) is 1. The molecule has 0 aliphatic heterocycles. The molecule has 2 aromatic rings. The van der Waals surface area contributed by atoms with Crippen molar-refractivity contribution in [3.05, 3.63) is 59.7 Å². The topological polar surface area (TPSA) is 50.8 Å². The number of rotatable bonds is 10. The Morgan fingerprint density at radius 1 is 1.07 bits per heavy atom. The summed E-state index contributed by atoms with van der Waals surface area (Å²) in [5.74, 6) is 1.40. The van der Waals surface area contributed by atoms with E-state index in [0.717, 1.165) is 30.0 Å². The highest BCUT2D eigenvalue weighted by Gasteiger charge is 2.19. The number of nitrogens with one attached hydrogen (secondary N) is 1. The lowest BCUT2D eigenvalue weighted by Crippen LogP contribution is -2.39. The van der Waals surface area contributed by atoms with E-state index in [9.17, 15) is 4.79 Å². The number of ether oxygens (including phenoxy) is 2. The Hall–Kier alpha value is -2.53. The van der Waals surface area contributed by atoms with Crippen molar-refractivity contribution in [3.8, 4) is 11.5 Å². The number of hydrogen-bond acceptors (Lipinski definition) is 4. The molecule has 2 aromatic carbocycles. The smallest absolute Gasteiger partial charge is 0.258 e. The molecule has 0 aliphatic carbocycles. The second kappa shape index (κ2) is 10.6. The number of hydrogen-bond donors (Lipinski definition) is 1. The number of aryl methyl sites for hydroxylation is 1. The molecule has 1 amide bonds. The molecule has 5 heteroatoms. The van der Waals surface area contributed by atoms with E-state index in [1.165, 1.54) is 0 Å². The van der Waals surface area contributed by atoms with Gasteiger partial charge in [0, 0.05) is 6.54 Å². The average Bonchev–Trinajstić information content (AvgIpc) is 2.69. The average molecular weight is 370 g/mol. The molecule has 1 unspecified atom stereocenters. The highest BCUT2D eigenvalue weighted by molar-refractivity contribution is 5.77. The Morgan fingerprint density at radius 2 is 1.78 bits per heavy atom. The van der Waals surface area contributed by atoms with Crippen molar-refractivity contribution in [2.45, 2.75) is 26.8 Å². The SMILES string of the molecule is CCN(CC)C(CNC(=O)COc1cccc(C)c1)c1cccc(OC)c1. The maximum Gasteiger partial charge on any atom is 0.258 e. The fourth-order valence-corrected chi connectivity index (χ4v) is 3.09. The van der Waals surface area contributed by atoms with Crippen molar-refractivity contribution in [1.82, 2.24) is 10.2 Å². The van der Waals surface area contributed by atoms with Gasteiger partial charge in [0.1, 0.15) is 11.5 Å². The van der Waals surface area contributed by atoms with E-state index in [-0.39, 0.29) is 18.6 Å². The van der Waals surface area contributed by atoms with Crippen LogP contribution in [-0.4, -0.2) is 44.2 Å². The Kier molecular flexibility index (Phi) is 8.14. The maximum atomic E-state index is 12.3. The van der Waals surface area contributed by atoms with Gasteiger partial charge in [-0.05, 0) is 55.4 Å². The highest BCUT2D eigenvalue weighted by Crippen LogP contribution is 2.23. The zero-order valence-electron chi connectivity index (χ0n) is 16.7. The minimum Gasteiger partial charge on any atom is -0.497 e. The molecule has 1 atom stereocenters. The number of nitrogens with zero attached hydrogens (tertiary/aromatic N) is 1. The largest absolute Gasteiger partial charge is 0.497 e. The van der Waals surface area contributed by atoms with Crippen molar-refractivity contribution >= 4 is 5.91 Å². The van der Waals surface area contributed by atoms with Gasteiger partial charge in [-0.2, -0.15) is 0 Å². The Labute approximate surface area is 162 Å². The van der Waals surface area contributed by atoms with Gasteiger partial charge in [-0.25, -0.2) is 0 Å². The van der Waals surface area contributed by atoms with Crippen LogP contribution in [0.2, 0.25) is 0 Å². The van der Waals surface area contributed by atoms with Gasteiger partial charge in [0.25, 0.3) is 5.91 Å². The molecule has 0 aliphatic rings. The number of carbonyl (C=O) groups is 1. The first kappa shape index (κ1) is 20.8. The van der Waals surface area contributed by atoms with Gasteiger partial charge in [-0.3, -0.25) is 9.69 Å². The van der Waals surface area contributed by atoms with Crippen molar-refractivity contribution in [3.63, 3.8) is 0 Å². The fourth-order valence-electron chi connectivity index (χ4n) is 3.09. The van der Waals surface area contributed by atoms with Crippen LogP contribution in [0.3, 0.4) is 0 Å². The van der Waals surface area contributed by atoms with Crippen molar-refractivity contribution in [2.75, 3.05) is 33.4 Å². The van der Waals surface area contributed by atoms with E-state index in [2.05, 4.69) is 30.1 Å². The third kappa shape index (κ3) is 6.29. The number of amides is 1. The maximum absolute atomic E-state index is 12.3. The predicted octanol–water partition coefficient (Wildman–Crippen LogP) is 3.58. The number of benzene rings is 2. The molecule has 5 nitrogen and oxygen atoms in total. The molecule has 2 rings (SSSR count). The van der Waals surface area contributed by atoms with Gasteiger partial charge in [-0.1, -0.05) is 38.1 Å². The summed E-state index contributed by atoms with van der Waals surface area (Å²) < 4.78 is 10.9. The van der Waals surface area contributed by atoms with Crippen LogP contribution in [-0.2, 0) is 4.79 Å². The van der Waals surface area contributed by atoms with Crippen LogP contribution >= 0.6 is 0 Å². The standard InChI is InChI=1S/C22H30N2O3/c1-5-24(6-2)21(18-10-8-11-19(14-18)26-4)15-23-22(25)16-27-20-12-7-9-17(3)13-20/h7-14,21H,5-6,15-16H2,1-4H3,(H,23,25). The lowest BCUT2D eigenvalue weighted by atomic mass is 10.0. The van der Waals surface area contributed by atoms with Crippen molar-refractivity contribution in [2.24, 2.45) is 0 Å². The summed E-state index contributed by atoms with van der Waals surface area (Å²) in [6, 6.07) is 15.8. The first-order valence-electron chi connectivity index (χ1n) is 9.41. The molecular weight excluding hydrogens is 340 g/mol. The third-order valence-corrected chi connectivity index (χ3v) is 4.58. The fraction of sp³-hybridized carbons (Fsp3) is 0.409. The summed E-state index contributed by atoms with van der Waals surface area (Å²) in [5.41, 5.74) is 2.23. The Bertz CT molecular complexity index is 729. The highest BCUT2D eigenvalue weighted by atomic mass is 16.5. The molecule has 0 saturated heterocycles. The molecule has 0 bridgehead atoms. The van der Waals surface area contributed by atoms with Gasteiger partial charge in [0.15, 0.2) is 6.61 Å². The van der Waals surface area contributed by atoms with Gasteiger partial charge in [-0.15, -0.1) is 0 Å². The predicted molar refractivity (Wildman–Crippen MR) is 108 cm³/mol. The molecule has 1 N–H and O–H groups in total. The summed E-state index contributed by atoms with van der Waals surface area (Å²) >= 11 is 0. The summed E-state index contributed by atoms with van der Waals surface area (Å²) in [4.78, 5) is 14.6. The van der Waals surface area contributed by atoms with Gasteiger partial charge >= 0.3 is 0 Å². The first-order valence-corrected chi connectivity index (χ1v) is 9.41. The van der Waals surface area contributed by atoms with Crippen molar-refractivity contribution in [1.29, 1.82) is 0 Å². The van der Waals surface area contributed by atoms with Crippen LogP contribution in [0.15, 0.2) is 48.5 Å². The van der Waals surface area contributed by atoms with E-state index in [4.69, 9.17) is 9.47 Å². The molecule has 0 radical (unpaired) electrons. The van der Waals surface area contributed by atoms with Gasteiger partial charge in [0.05, 0.1) is 13.2 Å². The second-order valence-electron chi connectivity index (χ2n) is 6.42. The van der Waals surface area contributed by atoms with E-state index >= 15 is 0 Å². The molecule has 0 spiro atoms. The lowest BCUT2D eigenvalue weighted by Gasteiger charge is -2.30.